The Morgan fingerprint density at radius 2 is 2.00 bits per heavy atom. The summed E-state index contributed by atoms with van der Waals surface area (Å²) in [6, 6.07) is -1.96. The topological polar surface area (TPSA) is 55.6 Å². The maximum atomic E-state index is 12.5. The Bertz CT molecular complexity index is 392. The van der Waals surface area contributed by atoms with Gasteiger partial charge in [0.1, 0.15) is 11.6 Å². The number of ether oxygens (including phenoxy) is 1. The van der Waals surface area contributed by atoms with Crippen LogP contribution in [-0.4, -0.2) is 41.4 Å². The highest BCUT2D eigenvalue weighted by Crippen LogP contribution is 2.49. The summed E-state index contributed by atoms with van der Waals surface area (Å²) in [5.74, 6) is -0.0277. The smallest absolute Gasteiger partial charge is 0.410 e. The molecule has 2 bridgehead atoms. The first kappa shape index (κ1) is 15.4. The van der Waals surface area contributed by atoms with Crippen molar-refractivity contribution in [1.29, 1.82) is 0 Å². The Balaban J connectivity index is 1.92. The first-order chi connectivity index (χ1) is 8.99. The second-order valence-corrected chi connectivity index (χ2v) is 6.74. The lowest BCUT2D eigenvalue weighted by Crippen LogP contribution is -2.48. The van der Waals surface area contributed by atoms with Crippen LogP contribution in [0.3, 0.4) is 0 Å². The Hall–Kier alpha value is -0.980. The van der Waals surface area contributed by atoms with Gasteiger partial charge < -0.3 is 15.4 Å². The number of rotatable bonds is 2. The molecule has 2 heterocycles. The summed E-state index contributed by atoms with van der Waals surface area (Å²) in [6.07, 6.45) is -4.16. The van der Waals surface area contributed by atoms with Crippen molar-refractivity contribution in [1.82, 2.24) is 4.90 Å². The first-order valence-corrected chi connectivity index (χ1v) is 6.81. The molecule has 3 aliphatic rings. The average molecular weight is 294 g/mol. The Morgan fingerprint density at radius 1 is 1.40 bits per heavy atom. The highest BCUT2D eigenvalue weighted by molar-refractivity contribution is 5.69. The van der Waals surface area contributed by atoms with Gasteiger partial charge in [0.05, 0.1) is 0 Å². The summed E-state index contributed by atoms with van der Waals surface area (Å²) < 4.78 is 42.8. The summed E-state index contributed by atoms with van der Waals surface area (Å²) in [7, 11) is 0. The number of nitrogens with two attached hydrogens (primary N) is 1. The van der Waals surface area contributed by atoms with Crippen LogP contribution in [0.4, 0.5) is 18.0 Å². The van der Waals surface area contributed by atoms with Crippen molar-refractivity contribution in [3.05, 3.63) is 0 Å². The zero-order chi connectivity index (χ0) is 15.3. The van der Waals surface area contributed by atoms with Crippen molar-refractivity contribution >= 4 is 6.09 Å². The van der Waals surface area contributed by atoms with Crippen LogP contribution in [0, 0.1) is 11.8 Å². The van der Waals surface area contributed by atoms with Crippen LogP contribution in [-0.2, 0) is 4.74 Å². The summed E-state index contributed by atoms with van der Waals surface area (Å²) in [5, 5.41) is 0. The third-order valence-corrected chi connectivity index (χ3v) is 4.05. The van der Waals surface area contributed by atoms with Crippen LogP contribution in [0.1, 0.15) is 33.6 Å². The van der Waals surface area contributed by atoms with Gasteiger partial charge in [-0.2, -0.15) is 13.2 Å². The minimum Gasteiger partial charge on any atom is -0.444 e. The zero-order valence-corrected chi connectivity index (χ0v) is 11.9. The van der Waals surface area contributed by atoms with Gasteiger partial charge >= 0.3 is 12.3 Å². The number of carbonyl (C=O) groups excluding carboxylic acids is 1. The van der Waals surface area contributed by atoms with E-state index in [1.807, 2.05) is 0 Å². The lowest BCUT2D eigenvalue weighted by molar-refractivity contribution is -0.154. The fourth-order valence-electron chi connectivity index (χ4n) is 3.04. The summed E-state index contributed by atoms with van der Waals surface area (Å²) in [4.78, 5) is 13.5. The molecule has 2 unspecified atom stereocenters. The molecule has 4 nitrogen and oxygen atoms in total. The molecule has 0 radical (unpaired) electrons. The van der Waals surface area contributed by atoms with Gasteiger partial charge in [-0.25, -0.2) is 4.79 Å². The van der Waals surface area contributed by atoms with Crippen molar-refractivity contribution in [3.8, 4) is 0 Å². The van der Waals surface area contributed by atoms with E-state index < -0.39 is 23.9 Å². The zero-order valence-electron chi connectivity index (χ0n) is 11.9. The molecule has 7 heteroatoms. The molecule has 0 spiro atoms. The molecule has 1 aliphatic carbocycles. The van der Waals surface area contributed by atoms with Crippen molar-refractivity contribution in [2.75, 3.05) is 6.54 Å². The predicted octanol–water partition coefficient (Wildman–Crippen LogP) is 2.52. The van der Waals surface area contributed by atoms with E-state index in [0.29, 0.717) is 6.54 Å². The fourth-order valence-corrected chi connectivity index (χ4v) is 3.04. The van der Waals surface area contributed by atoms with Gasteiger partial charge in [-0.1, -0.05) is 0 Å². The monoisotopic (exact) mass is 294 g/mol. The van der Waals surface area contributed by atoms with Crippen LogP contribution >= 0.6 is 0 Å². The third kappa shape index (κ3) is 3.02. The third-order valence-electron chi connectivity index (χ3n) is 4.05. The molecule has 1 saturated carbocycles. The van der Waals surface area contributed by atoms with E-state index in [4.69, 9.17) is 10.5 Å². The molecule has 2 N–H and O–H groups in total. The summed E-state index contributed by atoms with van der Waals surface area (Å²) >= 11 is 0. The molecule has 2 aliphatic heterocycles. The molecule has 0 aromatic carbocycles. The van der Waals surface area contributed by atoms with Gasteiger partial charge in [0.15, 0.2) is 0 Å². The molecule has 2 saturated heterocycles. The second-order valence-electron chi connectivity index (χ2n) is 6.74. The molecule has 0 aromatic rings. The van der Waals surface area contributed by atoms with E-state index in [1.54, 1.807) is 25.7 Å². The molecule has 1 amide bonds. The standard InChI is InChI=1S/C13H21F3N2O2/c1-12(2,3)20-11(19)18-6-7-4-9(18)8(7)5-10(17)13(14,15)16/h7-10H,4-6,17H2,1-3H3/t7-,8?,9-,10?/m0/s1. The van der Waals surface area contributed by atoms with Gasteiger partial charge in [-0.15, -0.1) is 0 Å². The predicted molar refractivity (Wildman–Crippen MR) is 67.0 cm³/mol. The number of hydrogen-bond acceptors (Lipinski definition) is 3. The number of hydrogen-bond donors (Lipinski definition) is 1. The van der Waals surface area contributed by atoms with E-state index >= 15 is 0 Å². The number of nitrogens with zero attached hydrogens (tertiary/aromatic N) is 1. The SMILES string of the molecule is CC(C)(C)OC(=O)N1C[C@@H]2C[C@H]1C2CC(N)C(F)(F)F. The van der Waals surface area contributed by atoms with Crippen molar-refractivity contribution in [2.45, 2.75) is 57.5 Å². The first-order valence-electron chi connectivity index (χ1n) is 6.81. The van der Waals surface area contributed by atoms with Crippen molar-refractivity contribution in [2.24, 2.45) is 17.6 Å². The number of amides is 1. The molecule has 0 aromatic heterocycles. The maximum absolute atomic E-state index is 12.5. The number of alkyl halides is 3. The number of carbonyl (C=O) groups is 1. The van der Waals surface area contributed by atoms with Gasteiger partial charge in [0.25, 0.3) is 0 Å². The van der Waals surface area contributed by atoms with E-state index in [1.165, 1.54) is 0 Å². The van der Waals surface area contributed by atoms with Crippen LogP contribution in [0.5, 0.6) is 0 Å². The van der Waals surface area contributed by atoms with Gasteiger partial charge in [-0.05, 0) is 45.4 Å². The quantitative estimate of drug-likeness (QED) is 0.851. The van der Waals surface area contributed by atoms with E-state index in [0.717, 1.165) is 6.42 Å². The molecular formula is C13H21F3N2O2. The van der Waals surface area contributed by atoms with E-state index in [9.17, 15) is 18.0 Å². The van der Waals surface area contributed by atoms with E-state index in [-0.39, 0.29) is 24.3 Å². The Labute approximate surface area is 116 Å². The van der Waals surface area contributed by atoms with Gasteiger partial charge in [0.2, 0.25) is 0 Å². The molecule has 4 atom stereocenters. The molecule has 116 valence electrons. The highest BCUT2D eigenvalue weighted by atomic mass is 19.4. The lowest BCUT2D eigenvalue weighted by atomic mass is 9.71. The second kappa shape index (κ2) is 4.79. The molecule has 3 fully saturated rings. The molecular weight excluding hydrogens is 273 g/mol. The van der Waals surface area contributed by atoms with Crippen molar-refractivity contribution in [3.63, 3.8) is 0 Å². The fraction of sp³-hybridized carbons (Fsp3) is 0.923. The number of fused-ring (bicyclic) bond motifs is 1. The maximum Gasteiger partial charge on any atom is 0.410 e. The van der Waals surface area contributed by atoms with Gasteiger partial charge in [0, 0.05) is 12.6 Å². The number of halogens is 3. The normalized spacial score (nSPS) is 30.9. The molecule has 3 rings (SSSR count). The van der Waals surface area contributed by atoms with Gasteiger partial charge in [-0.3, -0.25) is 0 Å². The minimum absolute atomic E-state index is 0.113. The average Bonchev–Trinajstić information content (AvgIpc) is 2.79. The van der Waals surface area contributed by atoms with Crippen LogP contribution in [0.25, 0.3) is 0 Å². The van der Waals surface area contributed by atoms with Crippen LogP contribution < -0.4 is 5.73 Å². The summed E-state index contributed by atoms with van der Waals surface area (Å²) in [5.41, 5.74) is 4.58. The van der Waals surface area contributed by atoms with Crippen molar-refractivity contribution < 1.29 is 22.7 Å². The molecule has 20 heavy (non-hydrogen) atoms. The summed E-state index contributed by atoms with van der Waals surface area (Å²) in [6.45, 7) is 5.78. The Morgan fingerprint density at radius 3 is 2.50 bits per heavy atom. The van der Waals surface area contributed by atoms with Crippen LogP contribution in [0.15, 0.2) is 0 Å². The Kier molecular flexibility index (Phi) is 3.69. The van der Waals surface area contributed by atoms with E-state index in [2.05, 4.69) is 0 Å². The highest BCUT2D eigenvalue weighted by Gasteiger charge is 2.56. The van der Waals surface area contributed by atoms with Crippen LogP contribution in [0.2, 0.25) is 0 Å². The largest absolute Gasteiger partial charge is 0.444 e. The lowest BCUT2D eigenvalue weighted by Gasteiger charge is -2.38. The minimum atomic E-state index is -4.37.